The Bertz CT molecular complexity index is 693. The minimum atomic E-state index is 0. The van der Waals surface area contributed by atoms with Crippen LogP contribution in [-0.2, 0) is 22.4 Å². The summed E-state index contributed by atoms with van der Waals surface area (Å²) in [7, 11) is 0. The first-order valence-corrected chi connectivity index (χ1v) is 8.54. The van der Waals surface area contributed by atoms with E-state index < -0.39 is 0 Å². The predicted molar refractivity (Wildman–Crippen MR) is 112 cm³/mol. The van der Waals surface area contributed by atoms with Gasteiger partial charge < -0.3 is 20.4 Å². The summed E-state index contributed by atoms with van der Waals surface area (Å²) in [5.41, 5.74) is 0. The number of phenols is 4. The van der Waals surface area contributed by atoms with Crippen LogP contribution in [0.1, 0.15) is 0 Å². The fourth-order valence-corrected chi connectivity index (χ4v) is 1.71. The third-order valence-electron chi connectivity index (χ3n) is 3.02. The smallest absolute Gasteiger partial charge is 0.115 e. The maximum absolute atomic E-state index is 8.63. The second kappa shape index (κ2) is 17.0. The molecule has 0 unspecified atom stereocenters. The molecule has 0 atom stereocenters. The van der Waals surface area contributed by atoms with E-state index in [-0.39, 0.29) is 22.4 Å². The number of aromatic hydroxyl groups is 4. The third kappa shape index (κ3) is 15.6. The average Bonchev–Trinajstić information content (AvgIpc) is 2.72. The number of benzene rings is 4. The van der Waals surface area contributed by atoms with Crippen LogP contribution in [0.5, 0.6) is 23.0 Å². The van der Waals surface area contributed by atoms with Gasteiger partial charge in [0.2, 0.25) is 0 Å². The summed E-state index contributed by atoms with van der Waals surface area (Å²) in [6, 6.07) is 34.9. The topological polar surface area (TPSA) is 80.9 Å². The van der Waals surface area contributed by atoms with Crippen LogP contribution in [-0.4, -0.2) is 20.4 Å². The molecule has 0 heterocycles. The average molecular weight is 557 g/mol. The SMILES string of the molecule is Oc1ccccc1.Oc1ccccc1.Oc1ccccc1.Oc1ccccc1.[Ta]. The molecule has 0 saturated heterocycles. The first kappa shape index (κ1) is 25.8. The van der Waals surface area contributed by atoms with E-state index in [9.17, 15) is 0 Å². The quantitative estimate of drug-likeness (QED) is 0.228. The van der Waals surface area contributed by atoms with Crippen molar-refractivity contribution in [3.05, 3.63) is 121 Å². The fraction of sp³-hybridized carbons (Fsp3) is 0. The van der Waals surface area contributed by atoms with Gasteiger partial charge >= 0.3 is 0 Å². The predicted octanol–water partition coefficient (Wildman–Crippen LogP) is 5.57. The summed E-state index contributed by atoms with van der Waals surface area (Å²) < 4.78 is 0. The van der Waals surface area contributed by atoms with Crippen LogP contribution >= 0.6 is 0 Å². The number of hydrogen-bond donors (Lipinski definition) is 4. The number of hydrogen-bond acceptors (Lipinski definition) is 4. The molecule has 4 aromatic rings. The summed E-state index contributed by atoms with van der Waals surface area (Å²) in [4.78, 5) is 0. The summed E-state index contributed by atoms with van der Waals surface area (Å²) >= 11 is 0. The van der Waals surface area contributed by atoms with Gasteiger partial charge in [0.1, 0.15) is 23.0 Å². The second-order valence-corrected chi connectivity index (χ2v) is 5.34. The Hall–Kier alpha value is -3.18. The Balaban J connectivity index is 0.000000356. The molecule has 0 fully saturated rings. The van der Waals surface area contributed by atoms with E-state index in [1.165, 1.54) is 0 Å². The summed E-state index contributed by atoms with van der Waals surface area (Å²) in [5.74, 6) is 1.29. The minimum absolute atomic E-state index is 0. The molecule has 0 aromatic heterocycles. The van der Waals surface area contributed by atoms with Crippen molar-refractivity contribution in [2.45, 2.75) is 0 Å². The van der Waals surface area contributed by atoms with E-state index >= 15 is 0 Å². The molecule has 4 N–H and O–H groups in total. The molecule has 4 nitrogen and oxygen atoms in total. The van der Waals surface area contributed by atoms with Gasteiger partial charge in [-0.3, -0.25) is 0 Å². The zero-order chi connectivity index (χ0) is 20.5. The Morgan fingerprint density at radius 2 is 0.414 bits per heavy atom. The van der Waals surface area contributed by atoms with Crippen molar-refractivity contribution in [3.8, 4) is 23.0 Å². The number of rotatable bonds is 0. The van der Waals surface area contributed by atoms with E-state index in [1.807, 2.05) is 24.3 Å². The molecule has 0 aliphatic carbocycles. The molecule has 29 heavy (non-hydrogen) atoms. The molecule has 0 bridgehead atoms. The molecular formula is C24H24O4Ta. The summed E-state index contributed by atoms with van der Waals surface area (Å²) in [6.07, 6.45) is 0. The van der Waals surface area contributed by atoms with Gasteiger partial charge in [-0.05, 0) is 48.5 Å². The van der Waals surface area contributed by atoms with Crippen molar-refractivity contribution in [3.63, 3.8) is 0 Å². The fourth-order valence-electron chi connectivity index (χ4n) is 1.71. The Kier molecular flexibility index (Phi) is 15.1. The van der Waals surface area contributed by atoms with Gasteiger partial charge in [-0.2, -0.15) is 0 Å². The monoisotopic (exact) mass is 557 g/mol. The van der Waals surface area contributed by atoms with Crippen molar-refractivity contribution < 1.29 is 42.8 Å². The minimum Gasteiger partial charge on any atom is -0.508 e. The van der Waals surface area contributed by atoms with Crippen molar-refractivity contribution in [2.24, 2.45) is 0 Å². The van der Waals surface area contributed by atoms with Gasteiger partial charge in [0, 0.05) is 22.4 Å². The maximum Gasteiger partial charge on any atom is 0.115 e. The van der Waals surface area contributed by atoms with E-state index in [0.717, 1.165) is 0 Å². The van der Waals surface area contributed by atoms with Crippen LogP contribution in [0.15, 0.2) is 121 Å². The van der Waals surface area contributed by atoms with Crippen LogP contribution in [0.4, 0.5) is 0 Å². The van der Waals surface area contributed by atoms with Crippen LogP contribution in [0.3, 0.4) is 0 Å². The Morgan fingerprint density at radius 1 is 0.276 bits per heavy atom. The summed E-state index contributed by atoms with van der Waals surface area (Å²) in [6.45, 7) is 0. The molecular weight excluding hydrogens is 533 g/mol. The van der Waals surface area contributed by atoms with Crippen LogP contribution < -0.4 is 0 Å². The Labute approximate surface area is 186 Å². The van der Waals surface area contributed by atoms with Crippen molar-refractivity contribution in [2.75, 3.05) is 0 Å². The van der Waals surface area contributed by atoms with Crippen molar-refractivity contribution in [1.82, 2.24) is 0 Å². The molecule has 149 valence electrons. The largest absolute Gasteiger partial charge is 0.508 e. The standard InChI is InChI=1S/4C6H6O.Ta/c4*7-6-4-2-1-3-5-6;/h4*1-5,7H;. The van der Waals surface area contributed by atoms with Crippen molar-refractivity contribution >= 4 is 0 Å². The van der Waals surface area contributed by atoms with Crippen LogP contribution in [0.25, 0.3) is 0 Å². The molecule has 5 heteroatoms. The Morgan fingerprint density at radius 3 is 0.483 bits per heavy atom. The second-order valence-electron chi connectivity index (χ2n) is 5.34. The first-order chi connectivity index (χ1) is 13.6. The molecule has 0 amide bonds. The van der Waals surface area contributed by atoms with Gasteiger partial charge in [0.05, 0.1) is 0 Å². The zero-order valence-corrected chi connectivity index (χ0v) is 19.0. The van der Waals surface area contributed by atoms with E-state index in [2.05, 4.69) is 0 Å². The molecule has 1 radical (unpaired) electrons. The molecule has 0 spiro atoms. The van der Waals surface area contributed by atoms with Crippen LogP contribution in [0.2, 0.25) is 0 Å². The van der Waals surface area contributed by atoms with Gasteiger partial charge in [-0.25, -0.2) is 0 Å². The molecule has 4 aromatic carbocycles. The normalized spacial score (nSPS) is 8.28. The van der Waals surface area contributed by atoms with Gasteiger partial charge in [0.25, 0.3) is 0 Å². The van der Waals surface area contributed by atoms with E-state index in [4.69, 9.17) is 20.4 Å². The van der Waals surface area contributed by atoms with Gasteiger partial charge in [-0.15, -0.1) is 0 Å². The van der Waals surface area contributed by atoms with E-state index in [0.29, 0.717) is 23.0 Å². The molecule has 4 rings (SSSR count). The number of para-hydroxylation sites is 4. The summed E-state index contributed by atoms with van der Waals surface area (Å²) in [5, 5.41) is 34.5. The van der Waals surface area contributed by atoms with Crippen molar-refractivity contribution in [1.29, 1.82) is 0 Å². The van der Waals surface area contributed by atoms with Gasteiger partial charge in [0.15, 0.2) is 0 Å². The first-order valence-electron chi connectivity index (χ1n) is 8.54. The zero-order valence-electron chi connectivity index (χ0n) is 15.8. The molecule has 0 aliphatic heterocycles. The number of phenolic OH excluding ortho intramolecular Hbond substituents is 4. The maximum atomic E-state index is 8.63. The van der Waals surface area contributed by atoms with Gasteiger partial charge in [-0.1, -0.05) is 72.8 Å². The van der Waals surface area contributed by atoms with Crippen LogP contribution in [0, 0.1) is 0 Å². The van der Waals surface area contributed by atoms with E-state index in [1.54, 1.807) is 97.1 Å². The third-order valence-corrected chi connectivity index (χ3v) is 3.02. The molecule has 0 aliphatic rings. The molecule has 0 saturated carbocycles.